The molecule has 1 aliphatic rings. The van der Waals surface area contributed by atoms with E-state index in [1.165, 1.54) is 4.68 Å². The van der Waals surface area contributed by atoms with Crippen LogP contribution in [0.15, 0.2) is 6.20 Å². The summed E-state index contributed by atoms with van der Waals surface area (Å²) >= 11 is 0. The molecule has 0 bridgehead atoms. The SMILES string of the molecule is CC(C)(C)Cc1cn(C2OC(CO)C(O)C(O)C2O)nn1. The second-order valence-electron chi connectivity index (χ2n) is 6.65. The first-order chi connectivity index (χ1) is 9.73. The van der Waals surface area contributed by atoms with Crippen molar-refractivity contribution in [2.24, 2.45) is 5.41 Å². The lowest BCUT2D eigenvalue weighted by atomic mass is 9.91. The number of aromatic nitrogens is 3. The molecule has 1 saturated heterocycles. The quantitative estimate of drug-likeness (QED) is 0.555. The van der Waals surface area contributed by atoms with Gasteiger partial charge in [0.2, 0.25) is 0 Å². The van der Waals surface area contributed by atoms with E-state index in [9.17, 15) is 15.3 Å². The van der Waals surface area contributed by atoms with Crippen LogP contribution in [0.3, 0.4) is 0 Å². The van der Waals surface area contributed by atoms with Crippen LogP contribution in [0.1, 0.15) is 32.7 Å². The van der Waals surface area contributed by atoms with Crippen LogP contribution >= 0.6 is 0 Å². The second kappa shape index (κ2) is 5.98. The highest BCUT2D eigenvalue weighted by Crippen LogP contribution is 2.28. The Morgan fingerprint density at radius 3 is 2.43 bits per heavy atom. The monoisotopic (exact) mass is 301 g/mol. The zero-order chi connectivity index (χ0) is 15.8. The van der Waals surface area contributed by atoms with E-state index >= 15 is 0 Å². The molecule has 1 fully saturated rings. The number of aliphatic hydroxyl groups excluding tert-OH is 4. The van der Waals surface area contributed by atoms with Gasteiger partial charge in [-0.2, -0.15) is 0 Å². The van der Waals surface area contributed by atoms with Crippen LogP contribution in [0.2, 0.25) is 0 Å². The molecule has 0 amide bonds. The van der Waals surface area contributed by atoms with Crippen LogP contribution in [0.25, 0.3) is 0 Å². The largest absolute Gasteiger partial charge is 0.394 e. The first kappa shape index (κ1) is 16.3. The summed E-state index contributed by atoms with van der Waals surface area (Å²) in [7, 11) is 0. The van der Waals surface area contributed by atoms with Gasteiger partial charge in [0.1, 0.15) is 24.4 Å². The van der Waals surface area contributed by atoms with E-state index in [1.54, 1.807) is 6.20 Å². The normalized spacial score (nSPS) is 34.1. The summed E-state index contributed by atoms with van der Waals surface area (Å²) in [6.45, 7) is 5.74. The van der Waals surface area contributed by atoms with Gasteiger partial charge in [0.15, 0.2) is 6.23 Å². The van der Waals surface area contributed by atoms with Gasteiger partial charge < -0.3 is 25.2 Å². The van der Waals surface area contributed by atoms with Crippen LogP contribution in [-0.4, -0.2) is 66.4 Å². The summed E-state index contributed by atoms with van der Waals surface area (Å²) in [5.41, 5.74) is 0.774. The summed E-state index contributed by atoms with van der Waals surface area (Å²) in [5, 5.41) is 46.6. The molecule has 4 N–H and O–H groups in total. The van der Waals surface area contributed by atoms with E-state index in [1.807, 2.05) is 0 Å². The zero-order valence-electron chi connectivity index (χ0n) is 12.4. The van der Waals surface area contributed by atoms with Gasteiger partial charge in [0.25, 0.3) is 0 Å². The molecule has 0 saturated carbocycles. The molecular weight excluding hydrogens is 278 g/mol. The van der Waals surface area contributed by atoms with E-state index in [0.29, 0.717) is 6.42 Å². The average Bonchev–Trinajstić information content (AvgIpc) is 2.82. The first-order valence-electron chi connectivity index (χ1n) is 6.94. The van der Waals surface area contributed by atoms with Crippen LogP contribution in [0, 0.1) is 5.41 Å². The highest BCUT2D eigenvalue weighted by molar-refractivity contribution is 4.98. The average molecular weight is 301 g/mol. The predicted molar refractivity (Wildman–Crippen MR) is 72.2 cm³/mol. The van der Waals surface area contributed by atoms with Crippen molar-refractivity contribution < 1.29 is 25.2 Å². The molecule has 5 atom stereocenters. The Labute approximate surface area is 123 Å². The van der Waals surface area contributed by atoms with E-state index in [4.69, 9.17) is 9.84 Å². The van der Waals surface area contributed by atoms with Gasteiger partial charge in [-0.05, 0) is 11.8 Å². The van der Waals surface area contributed by atoms with E-state index in [0.717, 1.165) is 5.69 Å². The molecule has 0 radical (unpaired) electrons. The molecule has 8 heteroatoms. The Morgan fingerprint density at radius 2 is 1.86 bits per heavy atom. The van der Waals surface area contributed by atoms with Crippen LogP contribution < -0.4 is 0 Å². The molecule has 0 aliphatic carbocycles. The minimum Gasteiger partial charge on any atom is -0.394 e. The maximum Gasteiger partial charge on any atom is 0.180 e. The maximum atomic E-state index is 10.0. The van der Waals surface area contributed by atoms with Gasteiger partial charge in [-0.1, -0.05) is 26.0 Å². The third kappa shape index (κ3) is 3.58. The number of hydrogen-bond acceptors (Lipinski definition) is 7. The molecular formula is C13H23N3O5. The van der Waals surface area contributed by atoms with E-state index < -0.39 is 37.3 Å². The predicted octanol–water partition coefficient (Wildman–Crippen LogP) is -1.16. The standard InChI is InChI=1S/C13H23N3O5/c1-13(2,3)4-7-5-16(15-14-7)12-11(20)10(19)9(18)8(6-17)21-12/h5,8-12,17-20H,4,6H2,1-3H3. The van der Waals surface area contributed by atoms with Gasteiger partial charge in [-0.15, -0.1) is 5.10 Å². The fourth-order valence-electron chi connectivity index (χ4n) is 2.36. The van der Waals surface area contributed by atoms with Crippen LogP contribution in [0.5, 0.6) is 0 Å². The Bertz CT molecular complexity index is 471. The number of ether oxygens (including phenoxy) is 1. The summed E-state index contributed by atoms with van der Waals surface area (Å²) in [4.78, 5) is 0. The van der Waals surface area contributed by atoms with E-state index in [2.05, 4.69) is 31.1 Å². The third-order valence-electron chi connectivity index (χ3n) is 3.40. The fraction of sp³-hybridized carbons (Fsp3) is 0.846. The first-order valence-corrected chi connectivity index (χ1v) is 6.94. The van der Waals surface area contributed by atoms with Crippen molar-refractivity contribution in [3.8, 4) is 0 Å². The summed E-state index contributed by atoms with van der Waals surface area (Å²) in [6, 6.07) is 0. The lowest BCUT2D eigenvalue weighted by molar-refractivity contribution is -0.254. The summed E-state index contributed by atoms with van der Waals surface area (Å²) < 4.78 is 6.72. The zero-order valence-corrected chi connectivity index (χ0v) is 12.4. The highest BCUT2D eigenvalue weighted by Gasteiger charge is 2.44. The number of rotatable bonds is 3. The maximum absolute atomic E-state index is 10.0. The Hall–Kier alpha value is -1.06. The third-order valence-corrected chi connectivity index (χ3v) is 3.40. The van der Waals surface area contributed by atoms with Crippen LogP contribution in [0.4, 0.5) is 0 Å². The molecule has 0 spiro atoms. The molecule has 2 heterocycles. The summed E-state index contributed by atoms with van der Waals surface area (Å²) in [6.07, 6.45) is -3.77. The lowest BCUT2D eigenvalue weighted by Crippen LogP contribution is -2.56. The highest BCUT2D eigenvalue weighted by atomic mass is 16.6. The number of aliphatic hydroxyl groups is 4. The van der Waals surface area contributed by atoms with Gasteiger partial charge in [-0.3, -0.25) is 0 Å². The van der Waals surface area contributed by atoms with Crippen molar-refractivity contribution in [3.05, 3.63) is 11.9 Å². The second-order valence-corrected chi connectivity index (χ2v) is 6.65. The molecule has 5 unspecified atom stereocenters. The molecule has 21 heavy (non-hydrogen) atoms. The lowest BCUT2D eigenvalue weighted by Gasteiger charge is -2.39. The van der Waals surface area contributed by atoms with Gasteiger partial charge in [-0.25, -0.2) is 4.68 Å². The topological polar surface area (TPSA) is 121 Å². The van der Waals surface area contributed by atoms with Gasteiger partial charge >= 0.3 is 0 Å². The molecule has 120 valence electrons. The Balaban J connectivity index is 2.17. The van der Waals surface area contributed by atoms with Crippen molar-refractivity contribution in [1.29, 1.82) is 0 Å². The number of hydrogen-bond donors (Lipinski definition) is 4. The van der Waals surface area contributed by atoms with Crippen molar-refractivity contribution in [3.63, 3.8) is 0 Å². The Kier molecular flexibility index (Phi) is 4.64. The van der Waals surface area contributed by atoms with Crippen molar-refractivity contribution in [1.82, 2.24) is 15.0 Å². The van der Waals surface area contributed by atoms with Crippen molar-refractivity contribution in [2.75, 3.05) is 6.61 Å². The molecule has 2 rings (SSSR count). The van der Waals surface area contributed by atoms with Crippen LogP contribution in [-0.2, 0) is 11.2 Å². The van der Waals surface area contributed by atoms with E-state index in [-0.39, 0.29) is 5.41 Å². The molecule has 0 aromatic carbocycles. The van der Waals surface area contributed by atoms with Gasteiger partial charge in [0, 0.05) is 0 Å². The number of nitrogens with zero attached hydrogens (tertiary/aromatic N) is 3. The molecule has 1 aliphatic heterocycles. The molecule has 1 aromatic rings. The van der Waals surface area contributed by atoms with Gasteiger partial charge in [0.05, 0.1) is 18.5 Å². The van der Waals surface area contributed by atoms with Crippen molar-refractivity contribution in [2.45, 2.75) is 57.8 Å². The Morgan fingerprint density at radius 1 is 1.19 bits per heavy atom. The molecule has 1 aromatic heterocycles. The molecule has 8 nitrogen and oxygen atoms in total. The van der Waals surface area contributed by atoms with Crippen molar-refractivity contribution >= 4 is 0 Å². The minimum atomic E-state index is -1.42. The minimum absolute atomic E-state index is 0.0379. The fourth-order valence-corrected chi connectivity index (χ4v) is 2.36. The summed E-state index contributed by atoms with van der Waals surface area (Å²) in [5.74, 6) is 0. The smallest absolute Gasteiger partial charge is 0.180 e.